The Kier molecular flexibility index (Phi) is 6.22. The number of thioether (sulfide) groups is 2. The van der Waals surface area contributed by atoms with Crippen LogP contribution in [0.4, 0.5) is 0 Å². The lowest BCUT2D eigenvalue weighted by Crippen LogP contribution is -2.20. The number of rotatable bonds is 7. The molecule has 0 unspecified atom stereocenters. The van der Waals surface area contributed by atoms with Crippen molar-refractivity contribution in [2.75, 3.05) is 0 Å². The van der Waals surface area contributed by atoms with Gasteiger partial charge in [0, 0.05) is 12.8 Å². The number of aryl methyl sites for hydroxylation is 1. The molecule has 3 aromatic heterocycles. The average molecular weight is 495 g/mol. The molecule has 0 amide bonds. The van der Waals surface area contributed by atoms with Gasteiger partial charge in [-0.05, 0) is 29.2 Å². The van der Waals surface area contributed by atoms with Crippen molar-refractivity contribution in [3.8, 4) is 0 Å². The van der Waals surface area contributed by atoms with Gasteiger partial charge in [0.05, 0.1) is 16.7 Å². The van der Waals surface area contributed by atoms with E-state index < -0.39 is 0 Å². The summed E-state index contributed by atoms with van der Waals surface area (Å²) in [6, 6.07) is 16.3. The van der Waals surface area contributed by atoms with Crippen molar-refractivity contribution >= 4 is 51.5 Å². The highest BCUT2D eigenvalue weighted by Crippen LogP contribution is 2.32. The third-order valence-corrected chi connectivity index (χ3v) is 8.67. The zero-order valence-electron chi connectivity index (χ0n) is 18.4. The summed E-state index contributed by atoms with van der Waals surface area (Å²) in [6.45, 7) is 4.41. The third-order valence-electron chi connectivity index (χ3n) is 5.41. The molecule has 0 fully saturated rings. The largest absolute Gasteiger partial charge is 0.279 e. The fourth-order valence-corrected chi connectivity index (χ4v) is 6.46. The van der Waals surface area contributed by atoms with E-state index in [1.807, 2.05) is 28.7 Å². The maximum Gasteiger partial charge on any atom is 0.262 e. The molecular weight excluding hydrogens is 472 g/mol. The van der Waals surface area contributed by atoms with Gasteiger partial charge in [0.2, 0.25) is 5.78 Å². The van der Waals surface area contributed by atoms with E-state index in [4.69, 9.17) is 0 Å². The van der Waals surface area contributed by atoms with E-state index >= 15 is 0 Å². The number of fused-ring (bicyclic) bond motifs is 3. The summed E-state index contributed by atoms with van der Waals surface area (Å²) in [7, 11) is 1.72. The van der Waals surface area contributed by atoms with Crippen molar-refractivity contribution in [3.05, 3.63) is 75.8 Å². The molecule has 0 saturated carbocycles. The van der Waals surface area contributed by atoms with Crippen LogP contribution in [-0.2, 0) is 18.6 Å². The van der Waals surface area contributed by atoms with E-state index in [0.29, 0.717) is 22.8 Å². The molecule has 0 N–H and O–H groups in total. The van der Waals surface area contributed by atoms with Crippen LogP contribution in [0.5, 0.6) is 0 Å². The molecule has 0 aliphatic heterocycles. The van der Waals surface area contributed by atoms with Gasteiger partial charge >= 0.3 is 0 Å². The van der Waals surface area contributed by atoms with Crippen LogP contribution in [0, 0.1) is 0 Å². The van der Waals surface area contributed by atoms with Crippen LogP contribution in [-0.4, -0.2) is 29.4 Å². The molecule has 0 saturated heterocycles. The SMILES string of the molecule is CC(C)c1ccc(CSc2nnc(SCc3nnc4n(C)c(=O)c5ccccc5n34)s2)cc1. The Hall–Kier alpha value is -2.69. The van der Waals surface area contributed by atoms with E-state index in [-0.39, 0.29) is 5.56 Å². The molecule has 7 nitrogen and oxygen atoms in total. The normalized spacial score (nSPS) is 11.8. The first kappa shape index (κ1) is 22.1. The van der Waals surface area contributed by atoms with Crippen LogP contribution in [0.2, 0.25) is 0 Å². The van der Waals surface area contributed by atoms with E-state index in [1.165, 1.54) is 15.7 Å². The molecular formula is C23H22N6OS3. The number of hydrogen-bond acceptors (Lipinski definition) is 8. The minimum absolute atomic E-state index is 0.0747. The quantitative estimate of drug-likeness (QED) is 0.290. The highest BCUT2D eigenvalue weighted by Gasteiger charge is 2.15. The summed E-state index contributed by atoms with van der Waals surface area (Å²) in [4.78, 5) is 12.6. The number of benzene rings is 2. The molecule has 10 heteroatoms. The summed E-state index contributed by atoms with van der Waals surface area (Å²) in [6.07, 6.45) is 0. The first-order valence-corrected chi connectivity index (χ1v) is 13.3. The van der Waals surface area contributed by atoms with Crippen LogP contribution >= 0.6 is 34.9 Å². The van der Waals surface area contributed by atoms with Gasteiger partial charge in [-0.1, -0.05) is 85.1 Å². The molecule has 33 heavy (non-hydrogen) atoms. The highest BCUT2D eigenvalue weighted by molar-refractivity contribution is 8.02. The molecule has 0 spiro atoms. The summed E-state index contributed by atoms with van der Waals surface area (Å²) < 4.78 is 5.32. The Morgan fingerprint density at radius 3 is 2.33 bits per heavy atom. The zero-order chi connectivity index (χ0) is 22.9. The maximum atomic E-state index is 12.6. The molecule has 168 valence electrons. The van der Waals surface area contributed by atoms with Crippen LogP contribution in [0.15, 0.2) is 62.0 Å². The second kappa shape index (κ2) is 9.28. The Bertz CT molecular complexity index is 1490. The average Bonchev–Trinajstić information content (AvgIpc) is 3.47. The van der Waals surface area contributed by atoms with Crippen molar-refractivity contribution in [1.29, 1.82) is 0 Å². The molecule has 0 radical (unpaired) electrons. The molecule has 0 aliphatic carbocycles. The standard InChI is InChI=1S/C23H22N6OS3/c1-14(2)16-10-8-15(9-11-16)12-31-22-26-27-23(33-22)32-13-19-24-25-21-28(3)20(30)17-6-4-5-7-18(17)29(19)21/h4-11,14H,12-13H2,1-3H3. The van der Waals surface area contributed by atoms with Gasteiger partial charge in [0.15, 0.2) is 8.68 Å². The molecule has 5 aromatic rings. The van der Waals surface area contributed by atoms with Gasteiger partial charge in [-0.3, -0.25) is 13.8 Å². The van der Waals surface area contributed by atoms with Crippen LogP contribution in [0.3, 0.4) is 0 Å². The third kappa shape index (κ3) is 4.42. The molecule has 0 bridgehead atoms. The number of aromatic nitrogens is 6. The predicted octanol–water partition coefficient (Wildman–Crippen LogP) is 5.14. The highest BCUT2D eigenvalue weighted by atomic mass is 32.2. The van der Waals surface area contributed by atoms with Crippen molar-refractivity contribution in [2.45, 2.75) is 40.0 Å². The summed E-state index contributed by atoms with van der Waals surface area (Å²) in [5, 5.41) is 17.9. The lowest BCUT2D eigenvalue weighted by molar-refractivity contribution is 0.857. The minimum atomic E-state index is -0.0747. The van der Waals surface area contributed by atoms with Crippen LogP contribution in [0.25, 0.3) is 16.7 Å². The van der Waals surface area contributed by atoms with Crippen LogP contribution < -0.4 is 5.56 Å². The topological polar surface area (TPSA) is 78.0 Å². The summed E-state index contributed by atoms with van der Waals surface area (Å²) in [5.41, 5.74) is 3.37. The number of para-hydroxylation sites is 1. The minimum Gasteiger partial charge on any atom is -0.279 e. The fourth-order valence-electron chi connectivity index (χ4n) is 3.57. The smallest absolute Gasteiger partial charge is 0.262 e. The molecule has 0 aliphatic rings. The Morgan fingerprint density at radius 1 is 0.909 bits per heavy atom. The van der Waals surface area contributed by atoms with Crippen molar-refractivity contribution in [3.63, 3.8) is 0 Å². The molecule has 5 rings (SSSR count). The van der Waals surface area contributed by atoms with Gasteiger partial charge in [-0.15, -0.1) is 20.4 Å². The van der Waals surface area contributed by atoms with Gasteiger partial charge in [-0.2, -0.15) is 0 Å². The van der Waals surface area contributed by atoms with Gasteiger partial charge in [0.25, 0.3) is 5.56 Å². The van der Waals surface area contributed by atoms with E-state index in [9.17, 15) is 4.79 Å². The first-order valence-electron chi connectivity index (χ1n) is 10.5. The summed E-state index contributed by atoms with van der Waals surface area (Å²) >= 11 is 4.87. The van der Waals surface area contributed by atoms with E-state index in [1.54, 1.807) is 41.9 Å². The zero-order valence-corrected chi connectivity index (χ0v) is 20.9. The molecule has 0 atom stereocenters. The van der Waals surface area contributed by atoms with Crippen molar-refractivity contribution < 1.29 is 0 Å². The van der Waals surface area contributed by atoms with Gasteiger partial charge in [0.1, 0.15) is 5.82 Å². The number of hydrogen-bond donors (Lipinski definition) is 0. The molecule has 2 aromatic carbocycles. The Labute approximate surface area is 203 Å². The number of nitrogens with zero attached hydrogens (tertiary/aromatic N) is 6. The predicted molar refractivity (Wildman–Crippen MR) is 135 cm³/mol. The van der Waals surface area contributed by atoms with Gasteiger partial charge in [-0.25, -0.2) is 0 Å². The van der Waals surface area contributed by atoms with Crippen molar-refractivity contribution in [1.82, 2.24) is 29.4 Å². The van der Waals surface area contributed by atoms with E-state index in [2.05, 4.69) is 58.5 Å². The lowest BCUT2D eigenvalue weighted by atomic mass is 10.0. The molecule has 3 heterocycles. The van der Waals surface area contributed by atoms with Crippen LogP contribution in [0.1, 0.15) is 36.7 Å². The Morgan fingerprint density at radius 2 is 1.61 bits per heavy atom. The van der Waals surface area contributed by atoms with Gasteiger partial charge < -0.3 is 0 Å². The van der Waals surface area contributed by atoms with E-state index in [0.717, 1.165) is 25.8 Å². The summed E-state index contributed by atoms with van der Waals surface area (Å²) in [5.74, 6) is 3.30. The van der Waals surface area contributed by atoms with Crippen molar-refractivity contribution in [2.24, 2.45) is 7.05 Å². The maximum absolute atomic E-state index is 12.6. The Balaban J connectivity index is 1.29. The monoisotopic (exact) mass is 494 g/mol. The second-order valence-corrected chi connectivity index (χ2v) is 11.4. The second-order valence-electron chi connectivity index (χ2n) is 7.94. The lowest BCUT2D eigenvalue weighted by Gasteiger charge is -2.07. The fraction of sp³-hybridized carbons (Fsp3) is 0.261. The first-order chi connectivity index (χ1) is 16.0.